The lowest BCUT2D eigenvalue weighted by atomic mass is 10.1. The molecule has 0 fully saturated rings. The summed E-state index contributed by atoms with van der Waals surface area (Å²) in [7, 11) is 0. The fraction of sp³-hybridized carbons (Fsp3) is 0.0714. The average molecular weight is 732 g/mol. The number of carboxylic acid groups (broad SMARTS) is 1. The maximum absolute atomic E-state index is 10.8. The highest BCUT2D eigenvalue weighted by molar-refractivity contribution is 14.1. The molecular weight excluding hydrogens is 724 g/mol. The topological polar surface area (TPSA) is 46.5 Å². The Morgan fingerprint density at radius 3 is 1.95 bits per heavy atom. The molecule has 0 aliphatic heterocycles. The Kier molecular flexibility index (Phi) is 6.80. The van der Waals surface area contributed by atoms with Crippen LogP contribution >= 0.6 is 90.4 Å². The summed E-state index contributed by atoms with van der Waals surface area (Å²) in [4.78, 5) is 10.8. The van der Waals surface area contributed by atoms with Crippen LogP contribution in [0, 0.1) is 14.3 Å². The fourth-order valence-electron chi connectivity index (χ4n) is 1.69. The van der Waals surface area contributed by atoms with Gasteiger partial charge in [-0.2, -0.15) is 0 Å². The molecule has 0 bridgehead atoms. The van der Waals surface area contributed by atoms with E-state index >= 15 is 0 Å². The first-order chi connectivity index (χ1) is 9.85. The summed E-state index contributed by atoms with van der Waals surface area (Å²) >= 11 is 8.86. The summed E-state index contributed by atoms with van der Waals surface area (Å²) < 4.78 is 10.0. The summed E-state index contributed by atoms with van der Waals surface area (Å²) in [6, 6.07) is 9.72. The van der Waals surface area contributed by atoms with E-state index in [1.807, 2.05) is 24.3 Å². The molecule has 3 nitrogen and oxygen atoms in total. The van der Waals surface area contributed by atoms with Gasteiger partial charge in [-0.15, -0.1) is 0 Å². The second kappa shape index (κ2) is 7.95. The maximum Gasteiger partial charge on any atom is 0.307 e. The van der Waals surface area contributed by atoms with Gasteiger partial charge in [0.05, 0.1) is 13.6 Å². The third-order valence-corrected chi connectivity index (χ3v) is 5.32. The Labute approximate surface area is 176 Å². The van der Waals surface area contributed by atoms with Crippen molar-refractivity contribution in [3.63, 3.8) is 0 Å². The van der Waals surface area contributed by atoms with Gasteiger partial charge in [0.15, 0.2) is 5.75 Å². The normalized spacial score (nSPS) is 10.5. The van der Waals surface area contributed by atoms with Crippen LogP contribution in [0.25, 0.3) is 0 Å². The van der Waals surface area contributed by atoms with Gasteiger partial charge in [-0.05, 0) is 126 Å². The monoisotopic (exact) mass is 732 g/mol. The van der Waals surface area contributed by atoms with Gasteiger partial charge in [0.1, 0.15) is 5.75 Å². The molecule has 0 aliphatic rings. The highest BCUT2D eigenvalue weighted by Gasteiger charge is 2.12. The zero-order valence-electron chi connectivity index (χ0n) is 10.4. The van der Waals surface area contributed by atoms with Crippen molar-refractivity contribution < 1.29 is 14.6 Å². The van der Waals surface area contributed by atoms with Crippen molar-refractivity contribution in [1.82, 2.24) is 0 Å². The van der Waals surface area contributed by atoms with E-state index in [1.165, 1.54) is 0 Å². The Bertz CT molecular complexity index is 657. The fourth-order valence-corrected chi connectivity index (χ4v) is 5.69. The molecular formula is C14H8I4O3. The third kappa shape index (κ3) is 5.34. The molecule has 0 unspecified atom stereocenters. The number of carbonyl (C=O) groups is 1. The zero-order chi connectivity index (χ0) is 15.6. The van der Waals surface area contributed by atoms with E-state index < -0.39 is 5.97 Å². The van der Waals surface area contributed by atoms with Gasteiger partial charge in [-0.1, -0.05) is 0 Å². The van der Waals surface area contributed by atoms with Crippen LogP contribution in [-0.4, -0.2) is 11.1 Å². The number of hydrogen-bond acceptors (Lipinski definition) is 2. The van der Waals surface area contributed by atoms with Gasteiger partial charge >= 0.3 is 5.97 Å². The lowest BCUT2D eigenvalue weighted by Crippen LogP contribution is -2.02. The van der Waals surface area contributed by atoms with Crippen LogP contribution < -0.4 is 4.74 Å². The quantitative estimate of drug-likeness (QED) is 0.422. The largest absolute Gasteiger partial charge is 0.481 e. The Hall–Kier alpha value is 0.630. The Morgan fingerprint density at radius 2 is 1.48 bits per heavy atom. The van der Waals surface area contributed by atoms with Crippen LogP contribution in [-0.2, 0) is 11.2 Å². The molecule has 0 amide bonds. The molecule has 21 heavy (non-hydrogen) atoms. The number of hydrogen-bond donors (Lipinski definition) is 1. The van der Waals surface area contributed by atoms with E-state index in [-0.39, 0.29) is 6.42 Å². The molecule has 0 heterocycles. The summed E-state index contributed by atoms with van der Waals surface area (Å²) in [6.07, 6.45) is 0.0212. The van der Waals surface area contributed by atoms with E-state index in [9.17, 15) is 4.79 Å². The molecule has 7 heteroatoms. The van der Waals surface area contributed by atoms with Crippen LogP contribution in [0.1, 0.15) is 5.56 Å². The Morgan fingerprint density at radius 1 is 0.952 bits per heavy atom. The number of benzene rings is 2. The van der Waals surface area contributed by atoms with E-state index in [1.54, 1.807) is 0 Å². The molecule has 1 N–H and O–H groups in total. The van der Waals surface area contributed by atoms with Crippen LogP contribution in [0.15, 0.2) is 30.3 Å². The predicted octanol–water partition coefficient (Wildman–Crippen LogP) is 5.52. The minimum absolute atomic E-state index is 0.0212. The van der Waals surface area contributed by atoms with Crippen molar-refractivity contribution in [2.24, 2.45) is 0 Å². The first kappa shape index (κ1) is 18.0. The molecule has 2 aromatic carbocycles. The summed E-state index contributed by atoms with van der Waals surface area (Å²) in [5.41, 5.74) is 0.779. The summed E-state index contributed by atoms with van der Waals surface area (Å²) in [5, 5.41) is 8.88. The SMILES string of the molecule is O=C(O)Cc1cc(I)c(Oc2cc(I)cc(I)c2)c(I)c1. The lowest BCUT2D eigenvalue weighted by Gasteiger charge is -2.12. The van der Waals surface area contributed by atoms with Crippen molar-refractivity contribution in [2.45, 2.75) is 6.42 Å². The first-order valence-corrected chi connectivity index (χ1v) is 10.0. The van der Waals surface area contributed by atoms with Crippen molar-refractivity contribution >= 4 is 96.3 Å². The van der Waals surface area contributed by atoms with Crippen LogP contribution in [0.3, 0.4) is 0 Å². The molecule has 110 valence electrons. The smallest absolute Gasteiger partial charge is 0.307 e. The van der Waals surface area contributed by atoms with Gasteiger partial charge in [0, 0.05) is 7.14 Å². The second-order valence-electron chi connectivity index (χ2n) is 4.17. The number of aliphatic carboxylic acids is 1. The number of carboxylic acids is 1. The summed E-state index contributed by atoms with van der Waals surface area (Å²) in [6.45, 7) is 0. The maximum atomic E-state index is 10.8. The van der Waals surface area contributed by atoms with Crippen LogP contribution in [0.4, 0.5) is 0 Å². The molecule has 2 aromatic rings. The van der Waals surface area contributed by atoms with Crippen LogP contribution in [0.2, 0.25) is 0 Å². The van der Waals surface area contributed by atoms with E-state index in [0.717, 1.165) is 31.3 Å². The first-order valence-electron chi connectivity index (χ1n) is 5.69. The zero-order valence-corrected chi connectivity index (χ0v) is 19.0. The van der Waals surface area contributed by atoms with E-state index in [0.29, 0.717) is 0 Å². The van der Waals surface area contributed by atoms with Gasteiger partial charge in [-0.3, -0.25) is 4.79 Å². The molecule has 2 rings (SSSR count). The van der Waals surface area contributed by atoms with Gasteiger partial charge in [0.2, 0.25) is 0 Å². The predicted molar refractivity (Wildman–Crippen MR) is 115 cm³/mol. The van der Waals surface area contributed by atoms with Crippen molar-refractivity contribution in [3.8, 4) is 11.5 Å². The molecule has 0 atom stereocenters. The van der Waals surface area contributed by atoms with Gasteiger partial charge < -0.3 is 9.84 Å². The van der Waals surface area contributed by atoms with Crippen molar-refractivity contribution in [3.05, 3.63) is 50.2 Å². The van der Waals surface area contributed by atoms with Crippen molar-refractivity contribution in [1.29, 1.82) is 0 Å². The minimum atomic E-state index is -0.831. The number of ether oxygens (including phenoxy) is 1. The highest BCUT2D eigenvalue weighted by Crippen LogP contribution is 2.34. The Balaban J connectivity index is 2.34. The van der Waals surface area contributed by atoms with E-state index in [2.05, 4.69) is 96.4 Å². The molecule has 0 aromatic heterocycles. The lowest BCUT2D eigenvalue weighted by molar-refractivity contribution is -0.136. The molecule has 0 spiro atoms. The average Bonchev–Trinajstić information content (AvgIpc) is 2.31. The van der Waals surface area contributed by atoms with Crippen LogP contribution in [0.5, 0.6) is 11.5 Å². The molecule has 0 radical (unpaired) electrons. The molecule has 0 aliphatic carbocycles. The number of halogens is 4. The highest BCUT2D eigenvalue weighted by atomic mass is 127. The van der Waals surface area contributed by atoms with Gasteiger partial charge in [0.25, 0.3) is 0 Å². The second-order valence-corrected chi connectivity index (χ2v) is 8.98. The van der Waals surface area contributed by atoms with Gasteiger partial charge in [-0.25, -0.2) is 0 Å². The minimum Gasteiger partial charge on any atom is -0.481 e. The standard InChI is InChI=1S/C14H8I4O3/c15-8-4-9(16)6-10(5-8)21-14-11(17)1-7(2-12(14)18)3-13(19)20/h1-2,4-6H,3H2,(H,19,20). The van der Waals surface area contributed by atoms with E-state index in [4.69, 9.17) is 9.84 Å². The number of rotatable bonds is 4. The third-order valence-electron chi connectivity index (χ3n) is 2.47. The van der Waals surface area contributed by atoms with Crippen molar-refractivity contribution in [2.75, 3.05) is 0 Å². The molecule has 0 saturated heterocycles. The summed E-state index contributed by atoms with van der Waals surface area (Å²) in [5.74, 6) is 0.721. The molecule has 0 saturated carbocycles.